The first kappa shape index (κ1) is 27.9. The smallest absolute Gasteiger partial charge is 0.159 e. The molecule has 0 atom stereocenters. The molecule has 8 aromatic carbocycles. The van der Waals surface area contributed by atoms with Crippen LogP contribution in [0, 0.1) is 0 Å². The molecule has 0 saturated carbocycles. The average molecular weight is 614 g/mol. The molecule has 2 nitrogen and oxygen atoms in total. The van der Waals surface area contributed by atoms with Gasteiger partial charge in [0.05, 0.1) is 5.69 Å². The zero-order valence-electron chi connectivity index (χ0n) is 26.3. The van der Waals surface area contributed by atoms with E-state index in [-0.39, 0.29) is 0 Å². The van der Waals surface area contributed by atoms with Gasteiger partial charge < -0.3 is 9.64 Å². The van der Waals surface area contributed by atoms with E-state index in [0.717, 1.165) is 39.5 Å². The summed E-state index contributed by atoms with van der Waals surface area (Å²) in [7, 11) is 0. The van der Waals surface area contributed by atoms with Gasteiger partial charge in [-0.05, 0) is 80.7 Å². The molecule has 8 aromatic rings. The van der Waals surface area contributed by atoms with Crippen molar-refractivity contribution >= 4 is 27.8 Å². The van der Waals surface area contributed by atoms with Gasteiger partial charge in [-0.3, -0.25) is 0 Å². The van der Waals surface area contributed by atoms with Crippen LogP contribution in [-0.4, -0.2) is 0 Å². The van der Waals surface area contributed by atoms with Gasteiger partial charge in [0.2, 0.25) is 0 Å². The summed E-state index contributed by atoms with van der Waals surface area (Å²) in [6.45, 7) is 0. The van der Waals surface area contributed by atoms with Crippen molar-refractivity contribution in [3.05, 3.63) is 188 Å². The lowest BCUT2D eigenvalue weighted by Gasteiger charge is -2.31. The topological polar surface area (TPSA) is 12.5 Å². The van der Waals surface area contributed by atoms with E-state index in [1.54, 1.807) is 0 Å². The molecular formula is C46H31NO. The summed E-state index contributed by atoms with van der Waals surface area (Å²) in [6, 6.07) is 66.7. The Morgan fingerprint density at radius 2 is 0.833 bits per heavy atom. The van der Waals surface area contributed by atoms with Crippen molar-refractivity contribution in [3.8, 4) is 56.0 Å². The summed E-state index contributed by atoms with van der Waals surface area (Å²) in [5.41, 5.74) is 12.5. The fraction of sp³-hybridized carbons (Fsp3) is 0. The normalized spacial score (nSPS) is 11.5. The number of para-hydroxylation sites is 1. The third kappa shape index (κ3) is 4.83. The molecule has 1 aliphatic heterocycles. The van der Waals surface area contributed by atoms with E-state index >= 15 is 0 Å². The van der Waals surface area contributed by atoms with Crippen LogP contribution in [0.1, 0.15) is 0 Å². The van der Waals surface area contributed by atoms with Crippen LogP contribution in [0.4, 0.5) is 17.1 Å². The minimum absolute atomic E-state index is 0.851. The van der Waals surface area contributed by atoms with Crippen LogP contribution < -0.4 is 9.64 Å². The summed E-state index contributed by atoms with van der Waals surface area (Å²) in [5.74, 6) is 1.73. The molecular weight excluding hydrogens is 583 g/mol. The van der Waals surface area contributed by atoms with Crippen molar-refractivity contribution in [2.45, 2.75) is 0 Å². The fourth-order valence-corrected chi connectivity index (χ4v) is 6.98. The van der Waals surface area contributed by atoms with Crippen molar-refractivity contribution in [1.82, 2.24) is 0 Å². The van der Waals surface area contributed by atoms with Crippen LogP contribution in [0.5, 0.6) is 11.5 Å². The maximum Gasteiger partial charge on any atom is 0.159 e. The van der Waals surface area contributed by atoms with E-state index in [0.29, 0.717) is 0 Å². The molecule has 0 fully saturated rings. The van der Waals surface area contributed by atoms with Gasteiger partial charge in [-0.2, -0.15) is 0 Å². The first-order valence-corrected chi connectivity index (χ1v) is 16.4. The van der Waals surface area contributed by atoms with Gasteiger partial charge >= 0.3 is 0 Å². The lowest BCUT2D eigenvalue weighted by Crippen LogP contribution is -2.12. The van der Waals surface area contributed by atoms with Gasteiger partial charge in [-0.25, -0.2) is 0 Å². The molecule has 0 aliphatic carbocycles. The number of benzene rings is 8. The molecule has 2 heteroatoms. The van der Waals surface area contributed by atoms with Crippen LogP contribution in [0.3, 0.4) is 0 Å². The largest absolute Gasteiger partial charge is 0.454 e. The molecule has 0 unspecified atom stereocenters. The second-order valence-electron chi connectivity index (χ2n) is 12.1. The van der Waals surface area contributed by atoms with Crippen molar-refractivity contribution in [2.75, 3.05) is 4.90 Å². The molecule has 9 rings (SSSR count). The van der Waals surface area contributed by atoms with E-state index < -0.39 is 0 Å². The minimum atomic E-state index is 0.851. The SMILES string of the molecule is c1ccc(-c2ccc(N(c3ccc(-c4ccccc4)cc3)c3cccc4c3Oc3cccc5c(-c6ccccc6)ccc-4c35)cc2)cc1. The number of hydrogen-bond acceptors (Lipinski definition) is 2. The Kier molecular flexibility index (Phi) is 6.84. The fourth-order valence-electron chi connectivity index (χ4n) is 6.98. The maximum absolute atomic E-state index is 6.94. The third-order valence-electron chi connectivity index (χ3n) is 9.29. The van der Waals surface area contributed by atoms with Crippen molar-refractivity contribution < 1.29 is 4.74 Å². The standard InChI is InChI=1S/C46H31NO/c1-4-12-32(13-5-1)34-22-26-37(27-23-34)47(38-28-24-35(25-29-38)33-14-6-2-7-15-33)43-20-10-19-42-41-31-30-39(36-16-8-3-9-17-36)40-18-11-21-44(45(40)41)48-46(42)43/h1-31H. The Bertz CT molecular complexity index is 2300. The van der Waals surface area contributed by atoms with E-state index in [2.05, 4.69) is 193 Å². The Balaban J connectivity index is 1.20. The highest BCUT2D eigenvalue weighted by Gasteiger charge is 2.27. The Morgan fingerprint density at radius 1 is 0.333 bits per heavy atom. The van der Waals surface area contributed by atoms with Crippen LogP contribution in [0.2, 0.25) is 0 Å². The quantitative estimate of drug-likeness (QED) is 0.185. The van der Waals surface area contributed by atoms with E-state index in [1.165, 1.54) is 44.3 Å². The summed E-state index contributed by atoms with van der Waals surface area (Å²) in [6.07, 6.45) is 0. The highest BCUT2D eigenvalue weighted by Crippen LogP contribution is 2.53. The maximum atomic E-state index is 6.94. The van der Waals surface area contributed by atoms with E-state index in [9.17, 15) is 0 Å². The molecule has 0 N–H and O–H groups in total. The summed E-state index contributed by atoms with van der Waals surface area (Å²) in [4.78, 5) is 2.31. The molecule has 48 heavy (non-hydrogen) atoms. The van der Waals surface area contributed by atoms with Gasteiger partial charge in [0.1, 0.15) is 5.75 Å². The molecule has 0 amide bonds. The summed E-state index contributed by atoms with van der Waals surface area (Å²) >= 11 is 0. The predicted molar refractivity (Wildman–Crippen MR) is 200 cm³/mol. The minimum Gasteiger partial charge on any atom is -0.454 e. The van der Waals surface area contributed by atoms with Gasteiger partial charge in [0.15, 0.2) is 5.75 Å². The van der Waals surface area contributed by atoms with E-state index in [1.807, 2.05) is 0 Å². The molecule has 0 saturated heterocycles. The number of rotatable bonds is 6. The van der Waals surface area contributed by atoms with E-state index in [4.69, 9.17) is 4.74 Å². The lowest BCUT2D eigenvalue weighted by molar-refractivity contribution is 0.488. The summed E-state index contributed by atoms with van der Waals surface area (Å²) < 4.78 is 6.94. The van der Waals surface area contributed by atoms with Crippen molar-refractivity contribution in [1.29, 1.82) is 0 Å². The Hall–Kier alpha value is -6.38. The van der Waals surface area contributed by atoms with Crippen molar-refractivity contribution in [2.24, 2.45) is 0 Å². The zero-order chi connectivity index (χ0) is 31.9. The predicted octanol–water partition coefficient (Wildman–Crippen LogP) is 13.1. The highest BCUT2D eigenvalue weighted by molar-refractivity contribution is 6.11. The zero-order valence-corrected chi connectivity index (χ0v) is 26.3. The number of anilines is 3. The van der Waals surface area contributed by atoms with Crippen LogP contribution in [0.15, 0.2) is 188 Å². The third-order valence-corrected chi connectivity index (χ3v) is 9.29. The Labute approximate surface area is 280 Å². The number of nitrogens with zero attached hydrogens (tertiary/aromatic N) is 1. The number of hydrogen-bond donors (Lipinski definition) is 0. The first-order chi connectivity index (χ1) is 23.8. The average Bonchev–Trinajstić information content (AvgIpc) is 3.17. The van der Waals surface area contributed by atoms with Gasteiger partial charge in [0, 0.05) is 22.3 Å². The highest BCUT2D eigenvalue weighted by atomic mass is 16.5. The summed E-state index contributed by atoms with van der Waals surface area (Å²) in [5, 5.41) is 2.34. The molecule has 226 valence electrons. The van der Waals surface area contributed by atoms with Crippen LogP contribution in [-0.2, 0) is 0 Å². The number of fused-ring (bicyclic) bond motifs is 2. The van der Waals surface area contributed by atoms with Gasteiger partial charge in [-0.1, -0.05) is 152 Å². The molecule has 0 aromatic heterocycles. The van der Waals surface area contributed by atoms with Gasteiger partial charge in [-0.15, -0.1) is 0 Å². The lowest BCUT2D eigenvalue weighted by atomic mass is 9.89. The Morgan fingerprint density at radius 3 is 1.42 bits per heavy atom. The first-order valence-electron chi connectivity index (χ1n) is 16.4. The monoisotopic (exact) mass is 613 g/mol. The van der Waals surface area contributed by atoms with Gasteiger partial charge in [0.25, 0.3) is 0 Å². The van der Waals surface area contributed by atoms with Crippen LogP contribution in [0.25, 0.3) is 55.3 Å². The molecule has 0 spiro atoms. The second-order valence-corrected chi connectivity index (χ2v) is 12.1. The van der Waals surface area contributed by atoms with Crippen molar-refractivity contribution in [3.63, 3.8) is 0 Å². The molecule has 1 heterocycles. The molecule has 1 aliphatic rings. The second kappa shape index (κ2) is 11.8. The molecule has 0 bridgehead atoms. The number of ether oxygens (including phenoxy) is 1. The van der Waals surface area contributed by atoms with Crippen LogP contribution >= 0.6 is 0 Å². The molecule has 0 radical (unpaired) electrons.